The van der Waals surface area contributed by atoms with Crippen molar-refractivity contribution in [1.82, 2.24) is 4.57 Å². The standard InChI is InChI=1S/C7H8ClNOS/c1-6(4-8)5-9-2-3-11-7(9)10/h2-3H,1,4-5H2. The normalized spacial score (nSPS) is 9.91. The second-order valence-electron chi connectivity index (χ2n) is 2.18. The number of rotatable bonds is 3. The maximum atomic E-state index is 11.0. The molecule has 0 saturated carbocycles. The zero-order valence-corrected chi connectivity index (χ0v) is 7.49. The second kappa shape index (κ2) is 3.74. The van der Waals surface area contributed by atoms with Crippen LogP contribution in [0.4, 0.5) is 0 Å². The first-order chi connectivity index (χ1) is 5.24. The van der Waals surface area contributed by atoms with Crippen LogP contribution in [0.15, 0.2) is 28.5 Å². The summed E-state index contributed by atoms with van der Waals surface area (Å²) in [5, 5.41) is 1.75. The molecule has 0 radical (unpaired) electrons. The third kappa shape index (κ3) is 2.20. The Morgan fingerprint density at radius 1 is 1.82 bits per heavy atom. The largest absolute Gasteiger partial charge is 0.307 e. The number of thiazole rings is 1. The number of hydrogen-bond donors (Lipinski definition) is 0. The lowest BCUT2D eigenvalue weighted by Gasteiger charge is -1.99. The molecular weight excluding hydrogens is 182 g/mol. The van der Waals surface area contributed by atoms with Crippen LogP contribution in [0.25, 0.3) is 0 Å². The summed E-state index contributed by atoms with van der Waals surface area (Å²) in [5.74, 6) is 0.405. The fourth-order valence-electron chi connectivity index (χ4n) is 0.691. The minimum Gasteiger partial charge on any atom is -0.302 e. The number of alkyl halides is 1. The summed E-state index contributed by atoms with van der Waals surface area (Å²) < 4.78 is 1.59. The SMILES string of the molecule is C=C(CCl)Cn1ccsc1=O. The van der Waals surface area contributed by atoms with Gasteiger partial charge in [-0.15, -0.1) is 11.6 Å². The Labute approximate surface area is 73.7 Å². The molecule has 0 aliphatic carbocycles. The van der Waals surface area contributed by atoms with E-state index in [4.69, 9.17) is 11.6 Å². The van der Waals surface area contributed by atoms with E-state index < -0.39 is 0 Å². The van der Waals surface area contributed by atoms with Crippen molar-refractivity contribution in [3.05, 3.63) is 33.4 Å². The summed E-state index contributed by atoms with van der Waals surface area (Å²) in [6, 6.07) is 0. The maximum absolute atomic E-state index is 11.0. The first kappa shape index (κ1) is 8.56. The molecule has 0 amide bonds. The van der Waals surface area contributed by atoms with Crippen molar-refractivity contribution in [2.45, 2.75) is 6.54 Å². The van der Waals surface area contributed by atoms with E-state index in [1.54, 1.807) is 16.1 Å². The monoisotopic (exact) mass is 189 g/mol. The highest BCUT2D eigenvalue weighted by Crippen LogP contribution is 1.98. The van der Waals surface area contributed by atoms with Gasteiger partial charge in [0.2, 0.25) is 0 Å². The van der Waals surface area contributed by atoms with E-state index in [0.717, 1.165) is 5.57 Å². The Morgan fingerprint density at radius 3 is 3.00 bits per heavy atom. The molecule has 0 spiro atoms. The minimum absolute atomic E-state index is 0.0382. The first-order valence-electron chi connectivity index (χ1n) is 3.10. The molecule has 60 valence electrons. The van der Waals surface area contributed by atoms with Crippen LogP contribution in [0.2, 0.25) is 0 Å². The van der Waals surface area contributed by atoms with Crippen molar-refractivity contribution in [2.24, 2.45) is 0 Å². The van der Waals surface area contributed by atoms with Gasteiger partial charge < -0.3 is 4.57 Å². The van der Waals surface area contributed by atoms with Gasteiger partial charge in [0.05, 0.1) is 0 Å². The molecule has 0 saturated heterocycles. The van der Waals surface area contributed by atoms with Gasteiger partial charge in [-0.05, 0) is 5.57 Å². The van der Waals surface area contributed by atoms with Crippen LogP contribution in [-0.4, -0.2) is 10.4 Å². The van der Waals surface area contributed by atoms with E-state index in [1.807, 2.05) is 0 Å². The molecule has 1 aromatic heterocycles. The van der Waals surface area contributed by atoms with E-state index in [2.05, 4.69) is 6.58 Å². The maximum Gasteiger partial charge on any atom is 0.307 e. The van der Waals surface area contributed by atoms with Gasteiger partial charge in [0.25, 0.3) is 0 Å². The quantitative estimate of drug-likeness (QED) is 0.524. The molecule has 1 heterocycles. The van der Waals surface area contributed by atoms with Crippen molar-refractivity contribution in [1.29, 1.82) is 0 Å². The topological polar surface area (TPSA) is 22.0 Å². The van der Waals surface area contributed by atoms with Gasteiger partial charge in [-0.3, -0.25) is 4.79 Å². The molecule has 0 aliphatic rings. The van der Waals surface area contributed by atoms with Gasteiger partial charge in [-0.1, -0.05) is 17.9 Å². The Bertz CT molecular complexity index is 301. The Hall–Kier alpha value is -0.540. The molecule has 0 bridgehead atoms. The summed E-state index contributed by atoms with van der Waals surface area (Å²) in [5.41, 5.74) is 0.854. The molecule has 11 heavy (non-hydrogen) atoms. The second-order valence-corrected chi connectivity index (χ2v) is 3.30. The molecule has 2 nitrogen and oxygen atoms in total. The minimum atomic E-state index is 0.0382. The highest BCUT2D eigenvalue weighted by atomic mass is 35.5. The van der Waals surface area contributed by atoms with Crippen molar-refractivity contribution in [3.63, 3.8) is 0 Å². The lowest BCUT2D eigenvalue weighted by atomic mass is 10.3. The van der Waals surface area contributed by atoms with Crippen LogP contribution < -0.4 is 4.87 Å². The predicted octanol–water partition coefficient (Wildman–Crippen LogP) is 1.70. The number of allylic oxidation sites excluding steroid dienone is 1. The fraction of sp³-hybridized carbons (Fsp3) is 0.286. The van der Waals surface area contributed by atoms with Crippen LogP contribution in [0.1, 0.15) is 0 Å². The number of halogens is 1. The predicted molar refractivity (Wildman–Crippen MR) is 48.4 cm³/mol. The summed E-state index contributed by atoms with van der Waals surface area (Å²) in [6.45, 7) is 4.24. The van der Waals surface area contributed by atoms with E-state index in [-0.39, 0.29) is 4.87 Å². The lowest BCUT2D eigenvalue weighted by molar-refractivity contribution is 0.773. The highest BCUT2D eigenvalue weighted by Gasteiger charge is 1.97. The van der Waals surface area contributed by atoms with Crippen molar-refractivity contribution < 1.29 is 0 Å². The van der Waals surface area contributed by atoms with Crippen molar-refractivity contribution in [3.8, 4) is 0 Å². The van der Waals surface area contributed by atoms with Gasteiger partial charge in [0.15, 0.2) is 0 Å². The molecule has 0 aromatic carbocycles. The van der Waals surface area contributed by atoms with Crippen molar-refractivity contribution in [2.75, 3.05) is 5.88 Å². The van der Waals surface area contributed by atoms with Gasteiger partial charge in [0, 0.05) is 24.0 Å². The van der Waals surface area contributed by atoms with Crippen LogP contribution in [-0.2, 0) is 6.54 Å². The van der Waals surface area contributed by atoms with E-state index in [0.29, 0.717) is 12.4 Å². The van der Waals surface area contributed by atoms with Crippen molar-refractivity contribution >= 4 is 22.9 Å². The molecule has 0 unspecified atom stereocenters. The average Bonchev–Trinajstić information content (AvgIpc) is 2.37. The molecule has 1 rings (SSSR count). The van der Waals surface area contributed by atoms with Crippen LogP contribution in [0.3, 0.4) is 0 Å². The Kier molecular flexibility index (Phi) is 2.91. The van der Waals surface area contributed by atoms with E-state index in [1.165, 1.54) is 11.3 Å². The Morgan fingerprint density at radius 2 is 2.55 bits per heavy atom. The number of hydrogen-bond acceptors (Lipinski definition) is 2. The average molecular weight is 190 g/mol. The van der Waals surface area contributed by atoms with Crippen LogP contribution >= 0.6 is 22.9 Å². The smallest absolute Gasteiger partial charge is 0.302 e. The first-order valence-corrected chi connectivity index (χ1v) is 4.52. The zero-order valence-electron chi connectivity index (χ0n) is 5.92. The van der Waals surface area contributed by atoms with Gasteiger partial charge in [0.1, 0.15) is 0 Å². The lowest BCUT2D eigenvalue weighted by Crippen LogP contribution is -2.13. The third-order valence-corrected chi connectivity index (χ3v) is 2.30. The van der Waals surface area contributed by atoms with E-state index >= 15 is 0 Å². The molecule has 1 aromatic rings. The summed E-state index contributed by atoms with van der Waals surface area (Å²) in [4.78, 5) is 11.0. The summed E-state index contributed by atoms with van der Waals surface area (Å²) >= 11 is 6.69. The molecule has 0 N–H and O–H groups in total. The molecule has 0 atom stereocenters. The highest BCUT2D eigenvalue weighted by molar-refractivity contribution is 7.07. The Balaban J connectivity index is 2.72. The van der Waals surface area contributed by atoms with Gasteiger partial charge >= 0.3 is 4.87 Å². The fourth-order valence-corrected chi connectivity index (χ4v) is 1.36. The van der Waals surface area contributed by atoms with E-state index in [9.17, 15) is 4.79 Å². The molecule has 4 heteroatoms. The number of nitrogens with zero attached hydrogens (tertiary/aromatic N) is 1. The summed E-state index contributed by atoms with van der Waals surface area (Å²) in [6.07, 6.45) is 1.74. The molecule has 0 fully saturated rings. The third-order valence-electron chi connectivity index (χ3n) is 1.23. The zero-order chi connectivity index (χ0) is 8.27. The van der Waals surface area contributed by atoms with Gasteiger partial charge in [-0.25, -0.2) is 0 Å². The number of aromatic nitrogens is 1. The molecule has 0 aliphatic heterocycles. The van der Waals surface area contributed by atoms with Crippen LogP contribution in [0, 0.1) is 0 Å². The molecular formula is C7H8ClNOS. The van der Waals surface area contributed by atoms with Crippen LogP contribution in [0.5, 0.6) is 0 Å². The summed E-state index contributed by atoms with van der Waals surface area (Å²) in [7, 11) is 0. The van der Waals surface area contributed by atoms with Gasteiger partial charge in [-0.2, -0.15) is 0 Å².